The van der Waals surface area contributed by atoms with Gasteiger partial charge in [0.25, 0.3) is 0 Å². The van der Waals surface area contributed by atoms with Crippen molar-refractivity contribution >= 4 is 41.7 Å². The van der Waals surface area contributed by atoms with Crippen LogP contribution in [0.1, 0.15) is 194 Å². The number of unbranched alkanes of at least 4 members (excludes halogenated alkanes) is 22. The van der Waals surface area contributed by atoms with Crippen molar-refractivity contribution in [3.05, 3.63) is 24.3 Å². The first-order valence-corrected chi connectivity index (χ1v) is 25.2. The van der Waals surface area contributed by atoms with E-state index in [1.54, 1.807) is 0 Å². The highest BCUT2D eigenvalue weighted by Gasteiger charge is 2.19. The van der Waals surface area contributed by atoms with Gasteiger partial charge >= 0.3 is 29.8 Å². The van der Waals surface area contributed by atoms with Gasteiger partial charge in [0.05, 0.1) is 32.7 Å². The van der Waals surface area contributed by atoms with Gasteiger partial charge in [-0.15, -0.1) is 0 Å². The average molecular weight is 956 g/mol. The van der Waals surface area contributed by atoms with Crippen molar-refractivity contribution in [2.45, 2.75) is 194 Å². The Morgan fingerprint density at radius 1 is 0.328 bits per heavy atom. The number of carboxylic acids is 5. The molecule has 0 saturated carbocycles. The molecule has 0 atom stereocenters. The van der Waals surface area contributed by atoms with Gasteiger partial charge in [0.2, 0.25) is 11.8 Å². The summed E-state index contributed by atoms with van der Waals surface area (Å²) >= 11 is 0. The maximum absolute atomic E-state index is 11.0. The average Bonchev–Trinajstić information content (AvgIpc) is 3.23. The first-order chi connectivity index (χ1) is 32.0. The molecular formula is C50H93N5O12. The molecule has 0 unspecified atom stereocenters. The molecule has 17 heteroatoms. The lowest BCUT2D eigenvalue weighted by atomic mass is 10.1. The van der Waals surface area contributed by atoms with E-state index in [4.69, 9.17) is 37.0 Å². The Labute approximate surface area is 402 Å². The Kier molecular flexibility index (Phi) is 51.0. The fourth-order valence-electron chi connectivity index (χ4n) is 6.96. The van der Waals surface area contributed by atoms with Gasteiger partial charge in [0.1, 0.15) is 0 Å². The molecule has 0 aliphatic heterocycles. The van der Waals surface area contributed by atoms with Crippen LogP contribution in [0.5, 0.6) is 0 Å². The minimum atomic E-state index is -1.24. The van der Waals surface area contributed by atoms with E-state index < -0.39 is 62.6 Å². The molecule has 9 N–H and O–H groups in total. The number of amides is 2. The summed E-state index contributed by atoms with van der Waals surface area (Å²) in [6, 6.07) is 0. The Bertz CT molecular complexity index is 1210. The highest BCUT2D eigenvalue weighted by molar-refractivity contribution is 5.74. The summed E-state index contributed by atoms with van der Waals surface area (Å²) in [5.74, 6) is -6.48. The van der Waals surface area contributed by atoms with Crippen LogP contribution in [0.15, 0.2) is 24.3 Å². The lowest BCUT2D eigenvalue weighted by Crippen LogP contribution is -2.45. The lowest BCUT2D eigenvalue weighted by molar-refractivity contribution is -0.143. The molecule has 0 aliphatic rings. The molecule has 0 bridgehead atoms. The standard InChI is InChI=1S/2C18H35NO.C14H23N3O10/c2*1-2-3-4-5-6-7-8-9-10-11-12-13-14-15-16-17-18(19)20;18-10(19)5-15(1-3-16(6-11(20)21)7-12(22)23)2-4-17(8-13(24)25)9-14(26)27/h2*7-8H,2-6,9-17H2,1H3,(H2,19,20);1-9H2,(H,18,19)(H,20,21)(H,22,23)(H,24,25)(H,26,27)/b2*8-7+;. The number of hydrogen-bond donors (Lipinski definition) is 7. The van der Waals surface area contributed by atoms with Crippen molar-refractivity contribution in [1.29, 1.82) is 0 Å². The number of carboxylic acid groups (broad SMARTS) is 5. The van der Waals surface area contributed by atoms with Crippen molar-refractivity contribution in [3.8, 4) is 0 Å². The van der Waals surface area contributed by atoms with Crippen LogP contribution >= 0.6 is 0 Å². The largest absolute Gasteiger partial charge is 0.480 e. The SMILES string of the molecule is CCCCCC/C=C/CCCCCCCCCC(N)=O.CCCCCC/C=C/CCCCCCCCCC(N)=O.O=C(O)CN(CCN(CC(=O)O)CC(=O)O)CCN(CC(=O)O)CC(=O)O. The minimum absolute atomic E-state index is 0.000836. The highest BCUT2D eigenvalue weighted by atomic mass is 16.4. The summed E-state index contributed by atoms with van der Waals surface area (Å²) in [5.41, 5.74) is 10.2. The number of aliphatic carboxylic acids is 5. The molecule has 390 valence electrons. The van der Waals surface area contributed by atoms with Crippen LogP contribution in [0.3, 0.4) is 0 Å². The number of carbonyl (C=O) groups excluding carboxylic acids is 2. The first-order valence-electron chi connectivity index (χ1n) is 25.2. The van der Waals surface area contributed by atoms with Gasteiger partial charge in [-0.25, -0.2) is 0 Å². The Morgan fingerprint density at radius 3 is 0.776 bits per heavy atom. The van der Waals surface area contributed by atoms with E-state index in [0.717, 1.165) is 35.5 Å². The monoisotopic (exact) mass is 956 g/mol. The van der Waals surface area contributed by atoms with E-state index in [0.29, 0.717) is 12.8 Å². The molecule has 2 amide bonds. The van der Waals surface area contributed by atoms with Gasteiger partial charge in [-0.3, -0.25) is 48.3 Å². The molecule has 0 aromatic rings. The van der Waals surface area contributed by atoms with Crippen molar-refractivity contribution in [3.63, 3.8) is 0 Å². The Balaban J connectivity index is -0.000000933. The van der Waals surface area contributed by atoms with Crippen LogP contribution in [0.25, 0.3) is 0 Å². The quantitative estimate of drug-likeness (QED) is 0.0223. The van der Waals surface area contributed by atoms with Gasteiger partial charge in [0.15, 0.2) is 0 Å². The molecule has 0 fully saturated rings. The Hall–Kier alpha value is -4.35. The summed E-state index contributed by atoms with van der Waals surface area (Å²) < 4.78 is 0. The summed E-state index contributed by atoms with van der Waals surface area (Å²) in [6.07, 6.45) is 43.8. The summed E-state index contributed by atoms with van der Waals surface area (Å²) in [4.78, 5) is 78.7. The minimum Gasteiger partial charge on any atom is -0.480 e. The fraction of sp³-hybridized carbons (Fsp3) is 0.780. The number of hydrogen-bond acceptors (Lipinski definition) is 10. The topological polar surface area (TPSA) is 282 Å². The number of nitrogens with zero attached hydrogens (tertiary/aromatic N) is 3. The molecule has 0 rings (SSSR count). The Morgan fingerprint density at radius 2 is 0.537 bits per heavy atom. The predicted molar refractivity (Wildman–Crippen MR) is 265 cm³/mol. The van der Waals surface area contributed by atoms with Crippen LogP contribution in [0.4, 0.5) is 0 Å². The molecule has 0 spiro atoms. The number of carbonyl (C=O) groups is 7. The number of nitrogens with two attached hydrogens (primary N) is 2. The number of allylic oxidation sites excluding steroid dienone is 4. The second-order valence-corrected chi connectivity index (χ2v) is 17.3. The molecular weight excluding hydrogens is 863 g/mol. The van der Waals surface area contributed by atoms with E-state index in [1.165, 1.54) is 146 Å². The van der Waals surface area contributed by atoms with Crippen molar-refractivity contribution < 1.29 is 59.1 Å². The first kappa shape index (κ1) is 66.9. The lowest BCUT2D eigenvalue weighted by Gasteiger charge is -2.27. The van der Waals surface area contributed by atoms with Crippen LogP contribution in [0.2, 0.25) is 0 Å². The van der Waals surface area contributed by atoms with E-state index in [9.17, 15) is 33.6 Å². The molecule has 0 radical (unpaired) electrons. The van der Waals surface area contributed by atoms with Crippen LogP contribution < -0.4 is 11.5 Å². The van der Waals surface area contributed by atoms with Gasteiger partial charge in [-0.2, -0.15) is 0 Å². The van der Waals surface area contributed by atoms with Crippen molar-refractivity contribution in [1.82, 2.24) is 14.7 Å². The number of primary amides is 2. The zero-order chi connectivity index (χ0) is 50.8. The number of rotatable bonds is 46. The van der Waals surface area contributed by atoms with Gasteiger partial charge in [0, 0.05) is 39.0 Å². The van der Waals surface area contributed by atoms with Gasteiger partial charge in [-0.1, -0.05) is 141 Å². The summed E-state index contributed by atoms with van der Waals surface area (Å²) in [7, 11) is 0. The molecule has 0 heterocycles. The van der Waals surface area contributed by atoms with Crippen molar-refractivity contribution in [2.75, 3.05) is 58.9 Å². The van der Waals surface area contributed by atoms with Crippen LogP contribution in [-0.4, -0.2) is 141 Å². The van der Waals surface area contributed by atoms with Gasteiger partial charge < -0.3 is 37.0 Å². The normalized spacial score (nSPS) is 11.2. The van der Waals surface area contributed by atoms with E-state index in [1.807, 2.05) is 0 Å². The third kappa shape index (κ3) is 61.6. The second-order valence-electron chi connectivity index (χ2n) is 17.3. The van der Waals surface area contributed by atoms with Crippen molar-refractivity contribution in [2.24, 2.45) is 11.5 Å². The third-order valence-electron chi connectivity index (χ3n) is 10.6. The maximum atomic E-state index is 11.0. The summed E-state index contributed by atoms with van der Waals surface area (Å²) in [5, 5.41) is 44.1. The molecule has 0 aromatic carbocycles. The van der Waals surface area contributed by atoms with Gasteiger partial charge in [-0.05, 0) is 64.2 Å². The smallest absolute Gasteiger partial charge is 0.317 e. The summed E-state index contributed by atoms with van der Waals surface area (Å²) in [6.45, 7) is 1.78. The van der Waals surface area contributed by atoms with E-state index in [2.05, 4.69) is 38.2 Å². The zero-order valence-corrected chi connectivity index (χ0v) is 41.6. The molecule has 0 saturated heterocycles. The fourth-order valence-corrected chi connectivity index (χ4v) is 6.96. The molecule has 17 nitrogen and oxygen atoms in total. The van der Waals surface area contributed by atoms with Crippen LogP contribution in [-0.2, 0) is 33.6 Å². The van der Waals surface area contributed by atoms with E-state index in [-0.39, 0.29) is 38.0 Å². The zero-order valence-electron chi connectivity index (χ0n) is 41.6. The third-order valence-corrected chi connectivity index (χ3v) is 10.6. The van der Waals surface area contributed by atoms with E-state index >= 15 is 0 Å². The molecule has 0 aliphatic carbocycles. The maximum Gasteiger partial charge on any atom is 0.317 e. The second kappa shape index (κ2) is 51.0. The molecule has 67 heavy (non-hydrogen) atoms. The van der Waals surface area contributed by atoms with Crippen LogP contribution in [0, 0.1) is 0 Å². The predicted octanol–water partition coefficient (Wildman–Crippen LogP) is 8.33. The highest BCUT2D eigenvalue weighted by Crippen LogP contribution is 2.12. The molecule has 0 aromatic heterocycles.